The van der Waals surface area contributed by atoms with Gasteiger partial charge in [0.05, 0.1) is 5.41 Å². The van der Waals surface area contributed by atoms with Gasteiger partial charge in [-0.1, -0.05) is 23.7 Å². The van der Waals surface area contributed by atoms with E-state index in [0.29, 0.717) is 30.8 Å². The Morgan fingerprint density at radius 1 is 1.20 bits per heavy atom. The number of ether oxygens (including phenoxy) is 1. The number of carbonyl (C=O) groups excluding carboxylic acids is 3. The maximum atomic E-state index is 12.5. The van der Waals surface area contributed by atoms with Crippen LogP contribution in [-0.2, 0) is 24.5 Å². The zero-order chi connectivity index (χ0) is 18.0. The number of piperidine rings is 1. The molecule has 0 radical (unpaired) electrons. The van der Waals surface area contributed by atoms with Gasteiger partial charge >= 0.3 is 5.97 Å². The Bertz CT molecular complexity index is 685. The molecule has 7 heteroatoms. The highest BCUT2D eigenvalue weighted by atomic mass is 35.5. The summed E-state index contributed by atoms with van der Waals surface area (Å²) in [6.07, 6.45) is 3.61. The third kappa shape index (κ3) is 3.63. The summed E-state index contributed by atoms with van der Waals surface area (Å²) in [6, 6.07) is 6.49. The van der Waals surface area contributed by atoms with Crippen molar-refractivity contribution in [2.24, 2.45) is 5.73 Å². The van der Waals surface area contributed by atoms with Crippen molar-refractivity contribution in [2.75, 3.05) is 13.2 Å². The summed E-state index contributed by atoms with van der Waals surface area (Å²) in [6.45, 7) is 0.101. The molecule has 0 aromatic heterocycles. The van der Waals surface area contributed by atoms with Crippen molar-refractivity contribution in [3.05, 3.63) is 34.9 Å². The molecular weight excluding hydrogens is 344 g/mol. The smallest absolute Gasteiger partial charge is 0.317 e. The summed E-state index contributed by atoms with van der Waals surface area (Å²) >= 11 is 5.89. The van der Waals surface area contributed by atoms with Crippen molar-refractivity contribution in [1.29, 1.82) is 0 Å². The summed E-state index contributed by atoms with van der Waals surface area (Å²) < 4.78 is 5.28. The van der Waals surface area contributed by atoms with E-state index < -0.39 is 23.3 Å². The first-order valence-electron chi connectivity index (χ1n) is 8.46. The number of hydrogen-bond donors (Lipinski definition) is 1. The van der Waals surface area contributed by atoms with Crippen LogP contribution in [0.4, 0.5) is 0 Å². The molecular formula is C18H21ClN2O4. The fraction of sp³-hybridized carbons (Fsp3) is 0.500. The van der Waals surface area contributed by atoms with Gasteiger partial charge in [-0.3, -0.25) is 14.4 Å². The van der Waals surface area contributed by atoms with Crippen LogP contribution in [-0.4, -0.2) is 41.9 Å². The van der Waals surface area contributed by atoms with E-state index in [1.54, 1.807) is 12.1 Å². The number of hydrogen-bond acceptors (Lipinski definition) is 4. The average molecular weight is 365 g/mol. The van der Waals surface area contributed by atoms with Crippen LogP contribution in [0, 0.1) is 0 Å². The molecule has 1 saturated heterocycles. The molecule has 2 fully saturated rings. The van der Waals surface area contributed by atoms with Crippen LogP contribution in [0.2, 0.25) is 5.02 Å². The van der Waals surface area contributed by atoms with E-state index in [4.69, 9.17) is 22.1 Å². The van der Waals surface area contributed by atoms with Crippen LogP contribution in [0.15, 0.2) is 24.3 Å². The second kappa shape index (κ2) is 7.04. The number of carbonyl (C=O) groups is 3. The van der Waals surface area contributed by atoms with Crippen molar-refractivity contribution < 1.29 is 19.1 Å². The number of benzene rings is 1. The van der Waals surface area contributed by atoms with E-state index >= 15 is 0 Å². The third-order valence-corrected chi connectivity index (χ3v) is 5.27. The van der Waals surface area contributed by atoms with E-state index in [1.807, 2.05) is 12.1 Å². The molecule has 6 nitrogen and oxygen atoms in total. The van der Waals surface area contributed by atoms with Gasteiger partial charge in [0.15, 0.2) is 6.61 Å². The molecule has 0 unspecified atom stereocenters. The highest BCUT2D eigenvalue weighted by molar-refractivity contribution is 6.30. The van der Waals surface area contributed by atoms with Crippen molar-refractivity contribution in [1.82, 2.24) is 4.90 Å². The molecule has 1 atom stereocenters. The lowest BCUT2D eigenvalue weighted by Crippen LogP contribution is -2.51. The number of likely N-dealkylation sites (tertiary alicyclic amines) is 1. The van der Waals surface area contributed by atoms with Crippen molar-refractivity contribution in [2.45, 2.75) is 43.6 Å². The quantitative estimate of drug-likeness (QED) is 0.806. The van der Waals surface area contributed by atoms with Crippen molar-refractivity contribution in [3.8, 4) is 0 Å². The zero-order valence-electron chi connectivity index (χ0n) is 13.9. The number of amides is 2. The molecule has 3 rings (SSSR count). The van der Waals surface area contributed by atoms with Gasteiger partial charge in [-0.05, 0) is 49.8 Å². The summed E-state index contributed by atoms with van der Waals surface area (Å²) in [5.41, 5.74) is 5.55. The van der Waals surface area contributed by atoms with E-state index in [0.717, 1.165) is 18.4 Å². The molecule has 2 aliphatic rings. The predicted molar refractivity (Wildman–Crippen MR) is 91.9 cm³/mol. The fourth-order valence-electron chi connectivity index (χ4n) is 3.38. The van der Waals surface area contributed by atoms with Crippen LogP contribution in [0.5, 0.6) is 0 Å². The number of esters is 1. The number of primary amides is 1. The SMILES string of the molecule is NC(=O)[C@@H]1CCCCN1C(=O)COC(=O)C1(c2ccc(Cl)cc2)CC1. The van der Waals surface area contributed by atoms with Crippen LogP contribution >= 0.6 is 11.6 Å². The Morgan fingerprint density at radius 3 is 2.48 bits per heavy atom. The lowest BCUT2D eigenvalue weighted by molar-refractivity contribution is -0.156. The normalized spacial score (nSPS) is 21.5. The average Bonchev–Trinajstić information content (AvgIpc) is 3.42. The van der Waals surface area contributed by atoms with E-state index in [-0.39, 0.29) is 12.5 Å². The lowest BCUT2D eigenvalue weighted by Gasteiger charge is -2.33. The molecule has 1 aromatic rings. The first kappa shape index (κ1) is 17.7. The fourth-order valence-corrected chi connectivity index (χ4v) is 3.50. The molecule has 134 valence electrons. The second-order valence-corrected chi connectivity index (χ2v) is 7.10. The summed E-state index contributed by atoms with van der Waals surface area (Å²) in [5.74, 6) is -1.29. The molecule has 0 spiro atoms. The maximum Gasteiger partial charge on any atom is 0.317 e. The number of nitrogens with zero attached hydrogens (tertiary/aromatic N) is 1. The van der Waals surface area contributed by atoms with Crippen LogP contribution in [0.1, 0.15) is 37.7 Å². The molecule has 1 aliphatic carbocycles. The summed E-state index contributed by atoms with van der Waals surface area (Å²) in [4.78, 5) is 37.8. The predicted octanol–water partition coefficient (Wildman–Crippen LogP) is 1.78. The van der Waals surface area contributed by atoms with Gasteiger partial charge in [0.2, 0.25) is 5.91 Å². The summed E-state index contributed by atoms with van der Waals surface area (Å²) in [5, 5.41) is 0.602. The van der Waals surface area contributed by atoms with E-state index in [9.17, 15) is 14.4 Å². The third-order valence-electron chi connectivity index (χ3n) is 5.02. The van der Waals surface area contributed by atoms with Gasteiger partial charge < -0.3 is 15.4 Å². The Hall–Kier alpha value is -2.08. The van der Waals surface area contributed by atoms with Gasteiger partial charge in [0, 0.05) is 11.6 Å². The molecule has 1 saturated carbocycles. The van der Waals surface area contributed by atoms with Crippen LogP contribution < -0.4 is 5.73 Å². The van der Waals surface area contributed by atoms with E-state index in [2.05, 4.69) is 0 Å². The Labute approximate surface area is 151 Å². The van der Waals surface area contributed by atoms with Crippen molar-refractivity contribution >= 4 is 29.4 Å². The topological polar surface area (TPSA) is 89.7 Å². The summed E-state index contributed by atoms with van der Waals surface area (Å²) in [7, 11) is 0. The first-order chi connectivity index (χ1) is 11.9. The second-order valence-electron chi connectivity index (χ2n) is 6.67. The van der Waals surface area contributed by atoms with Gasteiger partial charge in [-0.2, -0.15) is 0 Å². The highest BCUT2D eigenvalue weighted by Crippen LogP contribution is 2.49. The molecule has 1 aliphatic heterocycles. The standard InChI is InChI=1S/C18H21ClN2O4/c19-13-6-4-12(5-7-13)18(8-9-18)17(24)25-11-15(22)21-10-2-1-3-14(21)16(20)23/h4-7,14H,1-3,8-11H2,(H2,20,23)/t14-/m0/s1. The highest BCUT2D eigenvalue weighted by Gasteiger charge is 2.53. The minimum Gasteiger partial charge on any atom is -0.455 e. The Morgan fingerprint density at radius 2 is 1.88 bits per heavy atom. The first-order valence-corrected chi connectivity index (χ1v) is 8.84. The maximum absolute atomic E-state index is 12.5. The van der Waals surface area contributed by atoms with Gasteiger partial charge in [0.25, 0.3) is 5.91 Å². The number of rotatable bonds is 5. The Kier molecular flexibility index (Phi) is 4.99. The van der Waals surface area contributed by atoms with Crippen molar-refractivity contribution in [3.63, 3.8) is 0 Å². The molecule has 0 bridgehead atoms. The van der Waals surface area contributed by atoms with Crippen LogP contribution in [0.3, 0.4) is 0 Å². The Balaban J connectivity index is 1.61. The molecule has 2 N–H and O–H groups in total. The van der Waals surface area contributed by atoms with Gasteiger partial charge in [-0.25, -0.2) is 0 Å². The molecule has 1 heterocycles. The minimum atomic E-state index is -0.671. The van der Waals surface area contributed by atoms with Gasteiger partial charge in [-0.15, -0.1) is 0 Å². The number of halogens is 1. The molecule has 25 heavy (non-hydrogen) atoms. The van der Waals surface area contributed by atoms with E-state index in [1.165, 1.54) is 4.90 Å². The van der Waals surface area contributed by atoms with Gasteiger partial charge in [0.1, 0.15) is 6.04 Å². The number of nitrogens with two attached hydrogens (primary N) is 1. The monoisotopic (exact) mass is 364 g/mol. The molecule has 2 amide bonds. The largest absolute Gasteiger partial charge is 0.455 e. The lowest BCUT2D eigenvalue weighted by atomic mass is 9.96. The zero-order valence-corrected chi connectivity index (χ0v) is 14.6. The minimum absolute atomic E-state index is 0.363. The van der Waals surface area contributed by atoms with Crippen LogP contribution in [0.25, 0.3) is 0 Å². The molecule has 1 aromatic carbocycles.